The minimum atomic E-state index is -4.50. The molecule has 1 saturated carbocycles. The van der Waals surface area contributed by atoms with Crippen LogP contribution in [-0.4, -0.2) is 49.7 Å². The van der Waals surface area contributed by atoms with Gasteiger partial charge in [-0.25, -0.2) is 13.2 Å². The Morgan fingerprint density at radius 1 is 1.08 bits per heavy atom. The van der Waals surface area contributed by atoms with Crippen LogP contribution in [0, 0.1) is 0 Å². The zero-order valence-electron chi connectivity index (χ0n) is 20.1. The summed E-state index contributed by atoms with van der Waals surface area (Å²) in [5.74, 6) is -5.02. The van der Waals surface area contributed by atoms with Crippen LogP contribution in [0.4, 0.5) is 26.3 Å². The molecule has 4 aromatic rings. The van der Waals surface area contributed by atoms with Crippen molar-refractivity contribution in [3.8, 4) is 22.7 Å². The number of nitrogens with zero attached hydrogens (tertiary/aromatic N) is 5. The molecule has 2 aromatic carbocycles. The second-order valence-corrected chi connectivity index (χ2v) is 9.76. The number of carbonyl (C=O) groups is 1. The van der Waals surface area contributed by atoms with E-state index < -0.39 is 41.4 Å². The number of benzene rings is 2. The van der Waals surface area contributed by atoms with Crippen molar-refractivity contribution in [3.63, 3.8) is 0 Å². The molecule has 1 aliphatic carbocycles. The topological polar surface area (TPSA) is 77.1 Å². The van der Waals surface area contributed by atoms with Crippen molar-refractivity contribution < 1.29 is 35.7 Å². The predicted octanol–water partition coefficient (Wildman–Crippen LogP) is 6.15. The Labute approximate surface area is 216 Å². The van der Waals surface area contributed by atoms with Crippen LogP contribution in [0.15, 0.2) is 59.4 Å². The molecule has 2 fully saturated rings. The fourth-order valence-corrected chi connectivity index (χ4v) is 4.96. The number of halogens is 6. The summed E-state index contributed by atoms with van der Waals surface area (Å²) in [7, 11) is 0. The predicted molar refractivity (Wildman–Crippen MR) is 126 cm³/mol. The monoisotopic (exact) mass is 547 g/mol. The van der Waals surface area contributed by atoms with Gasteiger partial charge in [-0.15, -0.1) is 0 Å². The van der Waals surface area contributed by atoms with E-state index in [0.717, 1.165) is 12.1 Å². The van der Waals surface area contributed by atoms with E-state index in [9.17, 15) is 31.1 Å². The average Bonchev–Trinajstić information content (AvgIpc) is 3.47. The van der Waals surface area contributed by atoms with Gasteiger partial charge in [-0.05, 0) is 18.2 Å². The second-order valence-electron chi connectivity index (χ2n) is 9.76. The van der Waals surface area contributed by atoms with E-state index >= 15 is 0 Å². The summed E-state index contributed by atoms with van der Waals surface area (Å²) < 4.78 is 86.5. The molecule has 2 aliphatic rings. The minimum absolute atomic E-state index is 0.0651. The lowest BCUT2D eigenvalue weighted by Crippen LogP contribution is -2.51. The first-order chi connectivity index (χ1) is 18.4. The summed E-state index contributed by atoms with van der Waals surface area (Å²) in [6.45, 7) is 3.26. The number of carbonyl (C=O) groups excluding carboxylic acids is 1. The molecule has 0 spiro atoms. The maximum atomic E-state index is 13.4. The lowest BCUT2D eigenvalue weighted by atomic mass is 9.81. The first kappa shape index (κ1) is 25.1. The largest absolute Gasteiger partial charge is 0.416 e. The molecule has 1 aliphatic heterocycles. The van der Waals surface area contributed by atoms with Crippen LogP contribution in [-0.2, 0) is 11.0 Å². The number of aromatic nitrogens is 4. The van der Waals surface area contributed by atoms with Gasteiger partial charge in [0.25, 0.3) is 11.8 Å². The number of hydrogen-bond acceptors (Lipinski definition) is 5. The Hall–Kier alpha value is -4.16. The van der Waals surface area contributed by atoms with Crippen LogP contribution in [0.1, 0.15) is 36.2 Å². The summed E-state index contributed by atoms with van der Waals surface area (Å²) in [6.07, 6.45) is -5.26. The standard InChI is InChI=1S/C26H19F6N5O2/c1-13(27)24(38)36-11-17(12-36)37-21-18(20(34-37)14-5-7-16(8-6-14)26(30,31)32)3-2-4-19(21)23-33-22(35-39-23)15-9-25(28,29)10-15/h2-8,15,17H,1,9-12H2. The Balaban J connectivity index is 1.43. The van der Waals surface area contributed by atoms with Crippen LogP contribution in [0.5, 0.6) is 0 Å². The third kappa shape index (κ3) is 4.35. The van der Waals surface area contributed by atoms with Crippen molar-refractivity contribution in [1.29, 1.82) is 0 Å². The Kier molecular flexibility index (Phi) is 5.59. The molecule has 3 heterocycles. The van der Waals surface area contributed by atoms with E-state index in [1.165, 1.54) is 17.0 Å². The highest BCUT2D eigenvalue weighted by molar-refractivity contribution is 6.00. The molecule has 1 amide bonds. The summed E-state index contributed by atoms with van der Waals surface area (Å²) in [6, 6.07) is 9.23. The lowest BCUT2D eigenvalue weighted by Gasteiger charge is -2.39. The van der Waals surface area contributed by atoms with Gasteiger partial charge in [-0.3, -0.25) is 9.48 Å². The second kappa shape index (κ2) is 8.68. The molecular formula is C26H19F6N5O2. The summed E-state index contributed by atoms with van der Waals surface area (Å²) in [4.78, 5) is 17.6. The molecule has 0 N–H and O–H groups in total. The van der Waals surface area contributed by atoms with E-state index in [-0.39, 0.29) is 37.6 Å². The molecule has 6 rings (SSSR count). The van der Waals surface area contributed by atoms with Crippen LogP contribution >= 0.6 is 0 Å². The molecular weight excluding hydrogens is 528 g/mol. The average molecular weight is 547 g/mol. The van der Waals surface area contributed by atoms with E-state index in [2.05, 4.69) is 21.8 Å². The first-order valence-corrected chi connectivity index (χ1v) is 12.0. The van der Waals surface area contributed by atoms with Gasteiger partial charge in [-0.2, -0.15) is 23.3 Å². The van der Waals surface area contributed by atoms with E-state index in [4.69, 9.17) is 4.52 Å². The maximum absolute atomic E-state index is 13.4. The highest BCUT2D eigenvalue weighted by Crippen LogP contribution is 2.48. The molecule has 39 heavy (non-hydrogen) atoms. The third-order valence-electron chi connectivity index (χ3n) is 7.07. The van der Waals surface area contributed by atoms with Crippen molar-refractivity contribution in [3.05, 3.63) is 66.3 Å². The van der Waals surface area contributed by atoms with Gasteiger partial charge < -0.3 is 9.42 Å². The van der Waals surface area contributed by atoms with Crippen LogP contribution < -0.4 is 0 Å². The fourth-order valence-electron chi connectivity index (χ4n) is 4.96. The van der Waals surface area contributed by atoms with Crippen molar-refractivity contribution in [2.45, 2.75) is 36.9 Å². The van der Waals surface area contributed by atoms with Gasteiger partial charge in [0, 0.05) is 42.8 Å². The molecule has 0 atom stereocenters. The molecule has 0 unspecified atom stereocenters. The first-order valence-electron chi connectivity index (χ1n) is 12.0. The number of amides is 1. The molecule has 0 bridgehead atoms. The summed E-state index contributed by atoms with van der Waals surface area (Å²) >= 11 is 0. The highest BCUT2D eigenvalue weighted by Gasteiger charge is 2.48. The van der Waals surface area contributed by atoms with Gasteiger partial charge in [0.15, 0.2) is 11.7 Å². The fraction of sp³-hybridized carbons (Fsp3) is 0.308. The van der Waals surface area contributed by atoms with Crippen molar-refractivity contribution in [1.82, 2.24) is 24.8 Å². The maximum Gasteiger partial charge on any atom is 0.416 e. The SMILES string of the molecule is C=C(F)C(=O)N1CC(n2nc(-c3ccc(C(F)(F)F)cc3)c3cccc(-c4nc(C5CC(F)(F)C5)no4)c32)C1. The number of likely N-dealkylation sites (tertiary alicyclic amines) is 1. The Morgan fingerprint density at radius 3 is 2.38 bits per heavy atom. The molecule has 2 aromatic heterocycles. The zero-order chi connectivity index (χ0) is 27.7. The zero-order valence-corrected chi connectivity index (χ0v) is 20.1. The Morgan fingerprint density at radius 2 is 1.77 bits per heavy atom. The van der Waals surface area contributed by atoms with Crippen LogP contribution in [0.3, 0.4) is 0 Å². The smallest absolute Gasteiger partial charge is 0.334 e. The van der Waals surface area contributed by atoms with Crippen molar-refractivity contribution in [2.75, 3.05) is 13.1 Å². The quantitative estimate of drug-likeness (QED) is 0.221. The van der Waals surface area contributed by atoms with E-state index in [0.29, 0.717) is 27.7 Å². The molecule has 0 radical (unpaired) electrons. The normalized spacial score (nSPS) is 17.7. The van der Waals surface area contributed by atoms with Crippen molar-refractivity contribution >= 4 is 16.8 Å². The molecule has 1 saturated heterocycles. The molecule has 7 nitrogen and oxygen atoms in total. The number of rotatable bonds is 5. The van der Waals surface area contributed by atoms with Gasteiger partial charge >= 0.3 is 6.18 Å². The minimum Gasteiger partial charge on any atom is -0.334 e. The Bertz CT molecular complexity index is 1590. The molecule has 202 valence electrons. The summed E-state index contributed by atoms with van der Waals surface area (Å²) in [5.41, 5.74) is 0.908. The van der Waals surface area contributed by atoms with E-state index in [1.54, 1.807) is 22.9 Å². The van der Waals surface area contributed by atoms with Gasteiger partial charge in [-0.1, -0.05) is 36.0 Å². The molecule has 13 heteroatoms. The number of fused-ring (bicyclic) bond motifs is 1. The van der Waals surface area contributed by atoms with Crippen molar-refractivity contribution in [2.24, 2.45) is 0 Å². The summed E-state index contributed by atoms with van der Waals surface area (Å²) in [5, 5.41) is 9.12. The van der Waals surface area contributed by atoms with E-state index in [1.807, 2.05) is 0 Å². The van der Waals surface area contributed by atoms with Gasteiger partial charge in [0.1, 0.15) is 5.69 Å². The lowest BCUT2D eigenvalue weighted by molar-refractivity contribution is -0.137. The van der Waals surface area contributed by atoms with Crippen LogP contribution in [0.2, 0.25) is 0 Å². The highest BCUT2D eigenvalue weighted by atomic mass is 19.4. The number of alkyl halides is 5. The van der Waals surface area contributed by atoms with Gasteiger partial charge in [0.2, 0.25) is 5.92 Å². The van der Waals surface area contributed by atoms with Gasteiger partial charge in [0.05, 0.1) is 22.7 Å². The third-order valence-corrected chi connectivity index (χ3v) is 7.07. The van der Waals surface area contributed by atoms with Crippen LogP contribution in [0.25, 0.3) is 33.6 Å². The number of para-hydroxylation sites is 1. The number of hydrogen-bond donors (Lipinski definition) is 0.